The second-order valence-corrected chi connectivity index (χ2v) is 6.10. The normalized spacial score (nSPS) is 13.5. The average molecular weight is 346 g/mol. The summed E-state index contributed by atoms with van der Waals surface area (Å²) >= 11 is 0. The Balaban J connectivity index is 2.23. The fourth-order valence-electron chi connectivity index (χ4n) is 2.42. The minimum atomic E-state index is 0.534. The monoisotopic (exact) mass is 346 g/mol. The highest BCUT2D eigenvalue weighted by Gasteiger charge is 2.09. The highest BCUT2D eigenvalue weighted by molar-refractivity contribution is 5.61. The maximum Gasteiger partial charge on any atom is 0.248 e. The molecule has 0 N–H and O–H groups in total. The van der Waals surface area contributed by atoms with Crippen LogP contribution in [0.5, 0.6) is 0 Å². The molecule has 2 aromatic rings. The highest BCUT2D eigenvalue weighted by Crippen LogP contribution is 2.22. The second kappa shape index (κ2) is 9.52. The van der Waals surface area contributed by atoms with E-state index in [4.69, 9.17) is 4.42 Å². The van der Waals surface area contributed by atoms with E-state index in [1.54, 1.807) is 0 Å². The molecule has 0 bridgehead atoms. The Morgan fingerprint density at radius 3 is 2.42 bits per heavy atom. The summed E-state index contributed by atoms with van der Waals surface area (Å²) in [5, 5.41) is 8.31. The lowest BCUT2D eigenvalue weighted by Crippen LogP contribution is -1.86. The van der Waals surface area contributed by atoms with Crippen molar-refractivity contribution >= 4 is 5.57 Å². The van der Waals surface area contributed by atoms with E-state index < -0.39 is 0 Å². The quantitative estimate of drug-likeness (QED) is 0.533. The molecule has 0 saturated carbocycles. The maximum absolute atomic E-state index is 5.80. The van der Waals surface area contributed by atoms with Crippen LogP contribution in [0.25, 0.3) is 17.0 Å². The van der Waals surface area contributed by atoms with Crippen LogP contribution >= 0.6 is 0 Å². The van der Waals surface area contributed by atoms with Crippen LogP contribution in [0.15, 0.2) is 88.4 Å². The predicted molar refractivity (Wildman–Crippen MR) is 109 cm³/mol. The molecule has 0 radical (unpaired) electrons. The van der Waals surface area contributed by atoms with E-state index in [0.29, 0.717) is 11.8 Å². The maximum atomic E-state index is 5.80. The lowest BCUT2D eigenvalue weighted by molar-refractivity contribution is 0.553. The number of hydrogen-bond donors (Lipinski definition) is 0. The molecule has 0 aliphatic heterocycles. The summed E-state index contributed by atoms with van der Waals surface area (Å²) in [7, 11) is 0. The van der Waals surface area contributed by atoms with Crippen molar-refractivity contribution in [2.45, 2.75) is 34.1 Å². The Kier molecular flexibility index (Phi) is 7.10. The molecule has 0 spiro atoms. The number of allylic oxidation sites excluding steroid dienone is 9. The number of benzene rings is 1. The van der Waals surface area contributed by atoms with E-state index >= 15 is 0 Å². The van der Waals surface area contributed by atoms with Crippen molar-refractivity contribution in [1.82, 2.24) is 10.2 Å². The van der Waals surface area contributed by atoms with Crippen LogP contribution in [0.4, 0.5) is 0 Å². The smallest absolute Gasteiger partial charge is 0.248 e. The van der Waals surface area contributed by atoms with E-state index in [0.717, 1.165) is 23.1 Å². The summed E-state index contributed by atoms with van der Waals surface area (Å²) < 4.78 is 5.80. The van der Waals surface area contributed by atoms with E-state index in [-0.39, 0.29) is 0 Å². The molecule has 1 aromatic heterocycles. The highest BCUT2D eigenvalue weighted by atomic mass is 16.4. The van der Waals surface area contributed by atoms with Crippen molar-refractivity contribution in [1.29, 1.82) is 0 Å². The SMILES string of the molecule is C=C(C)\C=C/C(=C\C)C(=C/C=C(\C)c1nnc(-c2ccccc2)o1)/CC. The van der Waals surface area contributed by atoms with Gasteiger partial charge >= 0.3 is 0 Å². The summed E-state index contributed by atoms with van der Waals surface area (Å²) in [5.41, 5.74) is 5.32. The molecule has 0 atom stereocenters. The van der Waals surface area contributed by atoms with Gasteiger partial charge in [-0.05, 0) is 50.5 Å². The summed E-state index contributed by atoms with van der Waals surface area (Å²) in [6.45, 7) is 12.1. The van der Waals surface area contributed by atoms with E-state index in [9.17, 15) is 0 Å². The topological polar surface area (TPSA) is 38.9 Å². The fraction of sp³-hybridized carbons (Fsp3) is 0.217. The van der Waals surface area contributed by atoms with E-state index in [1.807, 2.05) is 63.3 Å². The Morgan fingerprint density at radius 1 is 1.08 bits per heavy atom. The summed E-state index contributed by atoms with van der Waals surface area (Å²) in [6, 6.07) is 9.78. The van der Waals surface area contributed by atoms with Crippen molar-refractivity contribution in [3.8, 4) is 11.5 Å². The number of nitrogens with zero attached hydrogens (tertiary/aromatic N) is 2. The zero-order valence-corrected chi connectivity index (χ0v) is 16.0. The van der Waals surface area contributed by atoms with Gasteiger partial charge in [0.15, 0.2) is 0 Å². The Labute approximate surface area is 156 Å². The Morgan fingerprint density at radius 2 is 1.81 bits per heavy atom. The minimum Gasteiger partial charge on any atom is -0.416 e. The predicted octanol–water partition coefficient (Wildman–Crippen LogP) is 6.55. The molecular weight excluding hydrogens is 320 g/mol. The van der Waals surface area contributed by atoms with Crippen molar-refractivity contribution in [3.63, 3.8) is 0 Å². The summed E-state index contributed by atoms with van der Waals surface area (Å²) in [6.07, 6.45) is 11.3. The average Bonchev–Trinajstić information content (AvgIpc) is 3.15. The molecular formula is C23H26N2O. The van der Waals surface area contributed by atoms with Crippen LogP contribution in [0.3, 0.4) is 0 Å². The third-order valence-electron chi connectivity index (χ3n) is 3.93. The van der Waals surface area contributed by atoms with E-state index in [2.05, 4.69) is 41.9 Å². The first-order valence-corrected chi connectivity index (χ1v) is 8.82. The molecule has 0 aliphatic rings. The van der Waals surface area contributed by atoms with Gasteiger partial charge in [-0.1, -0.05) is 67.7 Å². The van der Waals surface area contributed by atoms with Crippen LogP contribution in [0, 0.1) is 0 Å². The lowest BCUT2D eigenvalue weighted by atomic mass is 10.0. The first-order chi connectivity index (χ1) is 12.5. The fourth-order valence-corrected chi connectivity index (χ4v) is 2.42. The van der Waals surface area contributed by atoms with Crippen LogP contribution in [-0.4, -0.2) is 10.2 Å². The molecule has 0 saturated heterocycles. The number of rotatable bonds is 7. The zero-order valence-electron chi connectivity index (χ0n) is 16.0. The van der Waals surface area contributed by atoms with Crippen LogP contribution in [0.1, 0.15) is 40.0 Å². The molecule has 3 nitrogen and oxygen atoms in total. The van der Waals surface area contributed by atoms with Gasteiger partial charge in [0, 0.05) is 11.1 Å². The Bertz CT molecular complexity index is 865. The summed E-state index contributed by atoms with van der Waals surface area (Å²) in [5.74, 6) is 1.07. The van der Waals surface area contributed by atoms with Gasteiger partial charge in [0.25, 0.3) is 0 Å². The molecule has 0 unspecified atom stereocenters. The number of hydrogen-bond acceptors (Lipinski definition) is 3. The van der Waals surface area contributed by atoms with Gasteiger partial charge in [-0.2, -0.15) is 0 Å². The molecule has 0 aliphatic carbocycles. The molecule has 2 rings (SSSR count). The molecule has 1 heterocycles. The van der Waals surface area contributed by atoms with Crippen molar-refractivity contribution in [2.24, 2.45) is 0 Å². The first kappa shape index (κ1) is 19.4. The largest absolute Gasteiger partial charge is 0.416 e. The van der Waals surface area contributed by atoms with Crippen LogP contribution < -0.4 is 0 Å². The summed E-state index contributed by atoms with van der Waals surface area (Å²) in [4.78, 5) is 0. The van der Waals surface area contributed by atoms with Crippen LogP contribution in [0.2, 0.25) is 0 Å². The van der Waals surface area contributed by atoms with Crippen molar-refractivity contribution < 1.29 is 4.42 Å². The third kappa shape index (κ3) is 5.28. The van der Waals surface area contributed by atoms with E-state index in [1.165, 1.54) is 11.1 Å². The number of aromatic nitrogens is 2. The lowest BCUT2D eigenvalue weighted by Gasteiger charge is -2.05. The molecule has 134 valence electrons. The zero-order chi connectivity index (χ0) is 18.9. The molecule has 3 heteroatoms. The van der Waals surface area contributed by atoms with Crippen molar-refractivity contribution in [3.05, 3.63) is 89.9 Å². The molecule has 1 aromatic carbocycles. The molecule has 0 fully saturated rings. The van der Waals surface area contributed by atoms with Crippen molar-refractivity contribution in [2.75, 3.05) is 0 Å². The third-order valence-corrected chi connectivity index (χ3v) is 3.93. The van der Waals surface area contributed by atoms with Gasteiger partial charge in [0.1, 0.15) is 0 Å². The van der Waals surface area contributed by atoms with Gasteiger partial charge in [-0.25, -0.2) is 0 Å². The van der Waals surface area contributed by atoms with Gasteiger partial charge in [0.2, 0.25) is 11.8 Å². The van der Waals surface area contributed by atoms with Gasteiger partial charge in [-0.15, -0.1) is 10.2 Å². The molecule has 0 amide bonds. The first-order valence-electron chi connectivity index (χ1n) is 8.82. The standard InChI is InChI=1S/C23H26N2O/c1-6-19(15-13-17(3)4)20(7-2)16-14-18(5)22-24-25-23(26-22)21-11-9-8-10-12-21/h6,8-16H,3,7H2,1-2,4-5H3/b15-13-,18-14+,19-6+,20-16+. The van der Waals surface area contributed by atoms with Gasteiger partial charge in [-0.3, -0.25) is 0 Å². The Hall–Kier alpha value is -2.94. The molecule has 26 heavy (non-hydrogen) atoms. The van der Waals surface area contributed by atoms with Gasteiger partial charge < -0.3 is 4.42 Å². The van der Waals surface area contributed by atoms with Crippen LogP contribution in [-0.2, 0) is 0 Å². The minimum absolute atomic E-state index is 0.534. The second-order valence-electron chi connectivity index (χ2n) is 6.10. The van der Waals surface area contributed by atoms with Gasteiger partial charge in [0.05, 0.1) is 0 Å².